The number of nitrogens with zero attached hydrogens (tertiary/aromatic N) is 5. The molecule has 2 atom stereocenters. The number of nitrogens with one attached hydrogen (secondary N) is 1. The van der Waals surface area contributed by atoms with Gasteiger partial charge in [0.15, 0.2) is 6.23 Å². The summed E-state index contributed by atoms with van der Waals surface area (Å²) in [6, 6.07) is 10.8. The van der Waals surface area contributed by atoms with E-state index < -0.39 is 24.1 Å². The Morgan fingerprint density at radius 2 is 1.63 bits per heavy atom. The van der Waals surface area contributed by atoms with Crippen LogP contribution in [-0.2, 0) is 23.2 Å². The monoisotopic (exact) mass is 706 g/mol. The molecule has 6 heterocycles. The number of aromatic nitrogens is 2. The maximum Gasteiger partial charge on any atom is 0.259 e. The number of amides is 3. The van der Waals surface area contributed by atoms with E-state index in [0.29, 0.717) is 34.6 Å². The lowest BCUT2D eigenvalue weighted by molar-refractivity contribution is -0.139. The fraction of sp³-hybridized carbons (Fsp3) is 0.410. The van der Waals surface area contributed by atoms with Gasteiger partial charge >= 0.3 is 0 Å². The predicted molar refractivity (Wildman–Crippen MR) is 193 cm³/mol. The number of carbonyl (C=O) groups is 3. The van der Waals surface area contributed by atoms with Crippen LogP contribution in [0.15, 0.2) is 53.6 Å². The minimum absolute atomic E-state index is 0.0985. The van der Waals surface area contributed by atoms with Crippen molar-refractivity contribution in [2.75, 3.05) is 45.3 Å². The highest BCUT2D eigenvalue weighted by Crippen LogP contribution is 2.41. The van der Waals surface area contributed by atoms with Crippen molar-refractivity contribution >= 4 is 34.3 Å². The number of ether oxygens (including phenoxy) is 2. The van der Waals surface area contributed by atoms with Crippen molar-refractivity contribution in [3.8, 4) is 22.6 Å². The third-order valence-corrected chi connectivity index (χ3v) is 11.2. The average molecular weight is 707 g/mol. The molecule has 0 aliphatic carbocycles. The summed E-state index contributed by atoms with van der Waals surface area (Å²) in [7, 11) is 5.07. The number of imide groups is 1. The Hall–Kier alpha value is -5.27. The zero-order valence-corrected chi connectivity index (χ0v) is 29.6. The number of hydrogen-bond donors (Lipinski definition) is 2. The molecule has 2 unspecified atom stereocenters. The number of rotatable bonds is 8. The highest BCUT2D eigenvalue weighted by atomic mass is 16.5. The Balaban J connectivity index is 1.00. The van der Waals surface area contributed by atoms with Crippen LogP contribution in [0.1, 0.15) is 71.3 Å². The van der Waals surface area contributed by atoms with Crippen LogP contribution in [-0.4, -0.2) is 88.6 Å². The van der Waals surface area contributed by atoms with Gasteiger partial charge in [-0.15, -0.1) is 0 Å². The molecular formula is C39H42N6O7. The average Bonchev–Trinajstić information content (AvgIpc) is 3.37. The van der Waals surface area contributed by atoms with Gasteiger partial charge in [0, 0.05) is 67.6 Å². The van der Waals surface area contributed by atoms with E-state index >= 15 is 0 Å². The molecule has 13 nitrogen and oxygen atoms in total. The number of aliphatic hydroxyl groups is 1. The fourth-order valence-electron chi connectivity index (χ4n) is 8.14. The van der Waals surface area contributed by atoms with Crippen molar-refractivity contribution in [1.29, 1.82) is 0 Å². The van der Waals surface area contributed by atoms with Gasteiger partial charge in [0.1, 0.15) is 23.4 Å². The summed E-state index contributed by atoms with van der Waals surface area (Å²) in [5.41, 5.74) is 4.54. The van der Waals surface area contributed by atoms with Crippen molar-refractivity contribution in [2.45, 2.75) is 56.8 Å². The van der Waals surface area contributed by atoms with Crippen LogP contribution in [0.2, 0.25) is 0 Å². The summed E-state index contributed by atoms with van der Waals surface area (Å²) in [4.78, 5) is 61.1. The topological polar surface area (TPSA) is 147 Å². The lowest BCUT2D eigenvalue weighted by Crippen LogP contribution is -2.53. The normalized spacial score (nSPS) is 21.0. The van der Waals surface area contributed by atoms with Gasteiger partial charge in [0.05, 0.1) is 25.2 Å². The molecule has 52 heavy (non-hydrogen) atoms. The number of fused-ring (bicyclic) bond motifs is 2. The number of carbonyl (C=O) groups excluding carboxylic acids is 3. The standard InChI is InChI=1S/C39H42N6O7/c1-42-20-29(26-18-34(44-11-4-12-44)40-19-28(26)37(42)48)24-16-32(51-2)30(33(17-24)52-3)21-43-13-9-22(10-14-43)23-5-6-25-27(15-23)39(50)45(38(25)49)31-7-8-35(46)41-36(31)47/h5-6,15-20,22,31,38,49H,4,7-14,21H2,1-3H3,(H,41,46,47). The number of aryl methyl sites for hydroxylation is 1. The highest BCUT2D eigenvalue weighted by Gasteiger charge is 2.44. The molecule has 4 aliphatic heterocycles. The Kier molecular flexibility index (Phi) is 8.70. The van der Waals surface area contributed by atoms with Crippen LogP contribution in [0.5, 0.6) is 11.5 Å². The number of piperidine rings is 2. The van der Waals surface area contributed by atoms with Crippen molar-refractivity contribution in [3.05, 3.63) is 81.4 Å². The molecule has 0 bridgehead atoms. The summed E-state index contributed by atoms with van der Waals surface area (Å²) >= 11 is 0. The molecule has 3 saturated heterocycles. The van der Waals surface area contributed by atoms with Crippen LogP contribution in [0, 0.1) is 0 Å². The first kappa shape index (κ1) is 33.9. The summed E-state index contributed by atoms with van der Waals surface area (Å²) in [5.74, 6) is 1.17. The van der Waals surface area contributed by atoms with Crippen LogP contribution < -0.4 is 25.2 Å². The number of methoxy groups -OCH3 is 2. The van der Waals surface area contributed by atoms with Gasteiger partial charge in [-0.1, -0.05) is 12.1 Å². The molecule has 2 aromatic carbocycles. The van der Waals surface area contributed by atoms with Gasteiger partial charge in [-0.25, -0.2) is 4.98 Å². The van der Waals surface area contributed by atoms with Gasteiger partial charge in [0.25, 0.3) is 11.5 Å². The number of aliphatic hydroxyl groups excluding tert-OH is 1. The van der Waals surface area contributed by atoms with Gasteiger partial charge in [-0.2, -0.15) is 0 Å². The molecule has 0 saturated carbocycles. The molecule has 4 aliphatic rings. The van der Waals surface area contributed by atoms with E-state index in [1.165, 1.54) is 4.90 Å². The zero-order chi connectivity index (χ0) is 36.3. The van der Waals surface area contributed by atoms with E-state index in [2.05, 4.69) is 20.1 Å². The second-order valence-corrected chi connectivity index (χ2v) is 14.2. The van der Waals surface area contributed by atoms with E-state index in [0.717, 1.165) is 78.9 Å². The molecule has 270 valence electrons. The highest BCUT2D eigenvalue weighted by molar-refractivity contribution is 6.06. The van der Waals surface area contributed by atoms with Gasteiger partial charge < -0.3 is 24.0 Å². The van der Waals surface area contributed by atoms with E-state index in [4.69, 9.17) is 9.47 Å². The maximum atomic E-state index is 13.5. The number of pyridine rings is 2. The lowest BCUT2D eigenvalue weighted by atomic mass is 9.87. The van der Waals surface area contributed by atoms with Gasteiger partial charge in [-0.3, -0.25) is 34.3 Å². The Morgan fingerprint density at radius 1 is 0.904 bits per heavy atom. The first-order valence-corrected chi connectivity index (χ1v) is 17.9. The summed E-state index contributed by atoms with van der Waals surface area (Å²) in [6.07, 6.45) is 5.49. The zero-order valence-electron chi connectivity index (χ0n) is 29.6. The van der Waals surface area contributed by atoms with E-state index in [-0.39, 0.29) is 30.2 Å². The quantitative estimate of drug-likeness (QED) is 0.261. The Morgan fingerprint density at radius 3 is 2.29 bits per heavy atom. The SMILES string of the molecule is COc1cc(-c2cn(C)c(=O)c3cnc(N4CCC4)cc23)cc(OC)c1CN1CCC(c2ccc3c(c2)C(=O)N(C2CCC(=O)NC2=O)C3O)CC1. The molecule has 4 aromatic rings. The minimum Gasteiger partial charge on any atom is -0.496 e. The molecular weight excluding hydrogens is 664 g/mol. The summed E-state index contributed by atoms with van der Waals surface area (Å²) in [5, 5.41) is 14.7. The van der Waals surface area contributed by atoms with Crippen molar-refractivity contribution in [2.24, 2.45) is 7.05 Å². The van der Waals surface area contributed by atoms with Crippen molar-refractivity contribution in [3.63, 3.8) is 0 Å². The number of benzene rings is 2. The molecule has 0 radical (unpaired) electrons. The van der Waals surface area contributed by atoms with Crippen LogP contribution in [0.4, 0.5) is 5.82 Å². The molecule has 2 aromatic heterocycles. The third-order valence-electron chi connectivity index (χ3n) is 11.2. The molecule has 3 fully saturated rings. The van der Waals surface area contributed by atoms with Crippen LogP contribution >= 0.6 is 0 Å². The molecule has 0 spiro atoms. The summed E-state index contributed by atoms with van der Waals surface area (Å²) < 4.78 is 13.5. The summed E-state index contributed by atoms with van der Waals surface area (Å²) in [6.45, 7) is 4.15. The van der Waals surface area contributed by atoms with E-state index in [1.807, 2.05) is 36.5 Å². The number of likely N-dealkylation sites (tertiary alicyclic amines) is 1. The van der Waals surface area contributed by atoms with E-state index in [9.17, 15) is 24.3 Å². The van der Waals surface area contributed by atoms with Crippen molar-refractivity contribution < 1.29 is 29.0 Å². The van der Waals surface area contributed by atoms with Crippen LogP contribution in [0.3, 0.4) is 0 Å². The predicted octanol–water partition coefficient (Wildman–Crippen LogP) is 3.46. The largest absolute Gasteiger partial charge is 0.496 e. The Labute approximate surface area is 300 Å². The second kappa shape index (κ2) is 13.4. The van der Waals surface area contributed by atoms with Gasteiger partial charge in [-0.05, 0) is 80.1 Å². The smallest absolute Gasteiger partial charge is 0.259 e. The third kappa shape index (κ3) is 5.77. The lowest BCUT2D eigenvalue weighted by Gasteiger charge is -2.33. The Bertz CT molecular complexity index is 2150. The second-order valence-electron chi connectivity index (χ2n) is 14.2. The first-order chi connectivity index (χ1) is 25.1. The minimum atomic E-state index is -1.23. The first-order valence-electron chi connectivity index (χ1n) is 17.9. The van der Waals surface area contributed by atoms with Crippen molar-refractivity contribution in [1.82, 2.24) is 24.7 Å². The molecule has 3 amide bonds. The molecule has 2 N–H and O–H groups in total. The van der Waals surface area contributed by atoms with Crippen LogP contribution in [0.25, 0.3) is 21.9 Å². The maximum absolute atomic E-state index is 13.5. The number of hydrogen-bond acceptors (Lipinski definition) is 10. The van der Waals surface area contributed by atoms with E-state index in [1.54, 1.807) is 38.1 Å². The molecule has 8 rings (SSSR count). The number of anilines is 1. The fourth-order valence-corrected chi connectivity index (χ4v) is 8.14. The van der Waals surface area contributed by atoms with Gasteiger partial charge in [0.2, 0.25) is 11.8 Å². The molecule has 13 heteroatoms.